The molecule has 0 radical (unpaired) electrons. The smallest absolute Gasteiger partial charge is 0.243 e. The van der Waals surface area contributed by atoms with Gasteiger partial charge in [0.2, 0.25) is 21.8 Å². The fourth-order valence-corrected chi connectivity index (χ4v) is 4.75. The van der Waals surface area contributed by atoms with Crippen molar-refractivity contribution in [3.63, 3.8) is 0 Å². The Morgan fingerprint density at radius 1 is 1.00 bits per heavy atom. The molecule has 0 aliphatic carbocycles. The molecule has 9 heteroatoms. The maximum absolute atomic E-state index is 13.6. The van der Waals surface area contributed by atoms with E-state index in [4.69, 9.17) is 4.42 Å². The van der Waals surface area contributed by atoms with E-state index in [0.29, 0.717) is 11.4 Å². The molecule has 1 aromatic heterocycles. The maximum Gasteiger partial charge on any atom is 0.243 e. The molecule has 0 unspecified atom stereocenters. The highest BCUT2D eigenvalue weighted by Gasteiger charge is 2.35. The molecule has 0 fully saturated rings. The van der Waals surface area contributed by atoms with E-state index in [9.17, 15) is 18.0 Å². The molecule has 35 heavy (non-hydrogen) atoms. The average Bonchev–Trinajstić information content (AvgIpc) is 3.35. The number of carbonyl (C=O) groups excluding carboxylic acids is 2. The third-order valence-corrected chi connectivity index (χ3v) is 6.97. The van der Waals surface area contributed by atoms with Gasteiger partial charge in [0.05, 0.1) is 24.2 Å². The lowest BCUT2D eigenvalue weighted by Gasteiger charge is -2.34. The van der Waals surface area contributed by atoms with Crippen molar-refractivity contribution in [2.45, 2.75) is 45.2 Å². The molecule has 0 spiro atoms. The van der Waals surface area contributed by atoms with Gasteiger partial charge in [0, 0.05) is 5.69 Å². The van der Waals surface area contributed by atoms with Gasteiger partial charge in [-0.1, -0.05) is 44.2 Å². The van der Waals surface area contributed by atoms with Crippen LogP contribution in [-0.2, 0) is 26.2 Å². The van der Waals surface area contributed by atoms with Crippen LogP contribution < -0.4 is 14.9 Å². The Morgan fingerprint density at radius 2 is 1.71 bits per heavy atom. The van der Waals surface area contributed by atoms with Crippen molar-refractivity contribution in [2.75, 3.05) is 11.4 Å². The van der Waals surface area contributed by atoms with Crippen molar-refractivity contribution in [2.24, 2.45) is 5.92 Å². The molecule has 3 rings (SSSR count). The predicted molar refractivity (Wildman–Crippen MR) is 134 cm³/mol. The average molecular weight is 498 g/mol. The zero-order valence-corrected chi connectivity index (χ0v) is 21.1. The van der Waals surface area contributed by atoms with Crippen LogP contribution in [0.25, 0.3) is 0 Å². The summed E-state index contributed by atoms with van der Waals surface area (Å²) < 4.78 is 33.1. The molecule has 186 valence electrons. The standard InChI is InChI=1S/C26H31N3O5S/c1-18(2)25(26(31)27-16-21-9-8-14-34-21)29(23-15-19(3)12-13-20(23)4)24(30)17-28-35(32,33)22-10-6-5-7-11-22/h5-15,18,25,28H,16-17H2,1-4H3,(H,27,31)/t25-/m0/s1. The van der Waals surface area contributed by atoms with E-state index in [1.165, 1.54) is 23.3 Å². The van der Waals surface area contributed by atoms with Crippen molar-refractivity contribution < 1.29 is 22.4 Å². The first-order valence-corrected chi connectivity index (χ1v) is 12.8. The van der Waals surface area contributed by atoms with E-state index >= 15 is 0 Å². The van der Waals surface area contributed by atoms with Crippen LogP contribution in [0.4, 0.5) is 5.69 Å². The minimum Gasteiger partial charge on any atom is -0.467 e. The highest BCUT2D eigenvalue weighted by molar-refractivity contribution is 7.89. The van der Waals surface area contributed by atoms with E-state index in [1.807, 2.05) is 45.9 Å². The number of rotatable bonds is 10. The van der Waals surface area contributed by atoms with Gasteiger partial charge >= 0.3 is 0 Å². The van der Waals surface area contributed by atoms with E-state index < -0.39 is 28.5 Å². The number of nitrogens with zero attached hydrogens (tertiary/aromatic N) is 1. The second kappa shape index (κ2) is 11.3. The number of amides is 2. The summed E-state index contributed by atoms with van der Waals surface area (Å²) in [5.74, 6) is -0.580. The van der Waals surface area contributed by atoms with Crippen molar-refractivity contribution in [1.29, 1.82) is 0 Å². The Hall–Kier alpha value is -3.43. The highest BCUT2D eigenvalue weighted by atomic mass is 32.2. The molecule has 0 saturated heterocycles. The first-order valence-electron chi connectivity index (χ1n) is 11.3. The summed E-state index contributed by atoms with van der Waals surface area (Å²) in [6, 6.07) is 16.0. The van der Waals surface area contributed by atoms with E-state index in [0.717, 1.165) is 11.1 Å². The molecule has 0 aliphatic rings. The fraction of sp³-hybridized carbons (Fsp3) is 0.308. The van der Waals surface area contributed by atoms with Crippen LogP contribution in [-0.4, -0.2) is 32.8 Å². The lowest BCUT2D eigenvalue weighted by molar-refractivity contribution is -0.127. The summed E-state index contributed by atoms with van der Waals surface area (Å²) in [5, 5.41) is 2.84. The molecule has 2 aromatic carbocycles. The van der Waals surface area contributed by atoms with Gasteiger partial charge in [-0.05, 0) is 61.2 Å². The predicted octanol–water partition coefficient (Wildman–Crippen LogP) is 3.55. The lowest BCUT2D eigenvalue weighted by atomic mass is 9.98. The molecule has 2 amide bonds. The molecule has 2 N–H and O–H groups in total. The number of benzene rings is 2. The Kier molecular flexibility index (Phi) is 8.48. The monoisotopic (exact) mass is 497 g/mol. The van der Waals surface area contributed by atoms with E-state index in [1.54, 1.807) is 30.3 Å². The number of anilines is 1. The van der Waals surface area contributed by atoms with E-state index in [2.05, 4.69) is 10.0 Å². The van der Waals surface area contributed by atoms with Crippen LogP contribution in [0.15, 0.2) is 76.2 Å². The summed E-state index contributed by atoms with van der Waals surface area (Å²) >= 11 is 0. The molecule has 0 saturated carbocycles. The molecule has 1 heterocycles. The number of furan rings is 1. The van der Waals surface area contributed by atoms with Crippen LogP contribution in [0.1, 0.15) is 30.7 Å². The van der Waals surface area contributed by atoms with Gasteiger partial charge < -0.3 is 9.73 Å². The molecule has 3 aromatic rings. The first kappa shape index (κ1) is 26.2. The Labute approximate surface area is 206 Å². The van der Waals surface area contributed by atoms with Gasteiger partial charge in [0.15, 0.2) is 0 Å². The Morgan fingerprint density at radius 3 is 2.34 bits per heavy atom. The first-order chi connectivity index (χ1) is 16.6. The zero-order chi connectivity index (χ0) is 25.6. The molecule has 0 bridgehead atoms. The van der Waals surface area contributed by atoms with Crippen LogP contribution >= 0.6 is 0 Å². The minimum absolute atomic E-state index is 0.0580. The van der Waals surface area contributed by atoms with Crippen molar-refractivity contribution in [1.82, 2.24) is 10.0 Å². The number of aryl methyl sites for hydroxylation is 2. The van der Waals surface area contributed by atoms with Crippen molar-refractivity contribution in [3.8, 4) is 0 Å². The summed E-state index contributed by atoms with van der Waals surface area (Å²) in [7, 11) is -3.91. The van der Waals surface area contributed by atoms with Gasteiger partial charge in [-0.2, -0.15) is 0 Å². The zero-order valence-electron chi connectivity index (χ0n) is 20.3. The number of sulfonamides is 1. The van der Waals surface area contributed by atoms with Crippen LogP contribution in [0, 0.1) is 19.8 Å². The van der Waals surface area contributed by atoms with Gasteiger partial charge in [-0.15, -0.1) is 0 Å². The molecule has 0 aliphatic heterocycles. The number of carbonyl (C=O) groups is 2. The minimum atomic E-state index is -3.91. The number of nitrogens with one attached hydrogen (secondary N) is 2. The Bertz CT molecular complexity index is 1260. The Balaban J connectivity index is 1.92. The highest BCUT2D eigenvalue weighted by Crippen LogP contribution is 2.27. The van der Waals surface area contributed by atoms with Crippen molar-refractivity contribution in [3.05, 3.63) is 83.8 Å². The largest absolute Gasteiger partial charge is 0.467 e. The van der Waals surface area contributed by atoms with Crippen LogP contribution in [0.5, 0.6) is 0 Å². The second-order valence-corrected chi connectivity index (χ2v) is 10.4. The summed E-state index contributed by atoms with van der Waals surface area (Å²) in [6.07, 6.45) is 1.52. The second-order valence-electron chi connectivity index (χ2n) is 8.68. The molecule has 8 nitrogen and oxygen atoms in total. The van der Waals surface area contributed by atoms with Gasteiger partial charge in [0.1, 0.15) is 11.8 Å². The quantitative estimate of drug-likeness (QED) is 0.445. The number of hydrogen-bond acceptors (Lipinski definition) is 5. The lowest BCUT2D eigenvalue weighted by Crippen LogP contribution is -2.55. The van der Waals surface area contributed by atoms with Crippen LogP contribution in [0.2, 0.25) is 0 Å². The van der Waals surface area contributed by atoms with E-state index in [-0.39, 0.29) is 23.3 Å². The third kappa shape index (κ3) is 6.58. The summed E-state index contributed by atoms with van der Waals surface area (Å²) in [4.78, 5) is 28.4. The van der Waals surface area contributed by atoms with Crippen molar-refractivity contribution >= 4 is 27.5 Å². The third-order valence-electron chi connectivity index (χ3n) is 5.56. The summed E-state index contributed by atoms with van der Waals surface area (Å²) in [6.45, 7) is 7.10. The summed E-state index contributed by atoms with van der Waals surface area (Å²) in [5.41, 5.74) is 2.26. The van der Waals surface area contributed by atoms with Gasteiger partial charge in [0.25, 0.3) is 0 Å². The molecule has 1 atom stereocenters. The fourth-order valence-electron chi connectivity index (χ4n) is 3.75. The van der Waals surface area contributed by atoms with Crippen LogP contribution in [0.3, 0.4) is 0 Å². The molecular weight excluding hydrogens is 466 g/mol. The molecular formula is C26H31N3O5S. The topological polar surface area (TPSA) is 109 Å². The van der Waals surface area contributed by atoms with Gasteiger partial charge in [-0.3, -0.25) is 14.5 Å². The number of hydrogen-bond donors (Lipinski definition) is 2. The maximum atomic E-state index is 13.6. The normalized spacial score (nSPS) is 12.4. The van der Waals surface area contributed by atoms with Gasteiger partial charge in [-0.25, -0.2) is 13.1 Å². The SMILES string of the molecule is Cc1ccc(C)c(N(C(=O)CNS(=O)(=O)c2ccccc2)[C@H](C(=O)NCc2ccco2)C(C)C)c1.